The van der Waals surface area contributed by atoms with Crippen LogP contribution in [0.15, 0.2) is 18.3 Å². The molecule has 3 rings (SSSR count). The number of anilines is 1. The van der Waals surface area contributed by atoms with Gasteiger partial charge in [-0.2, -0.15) is 5.10 Å². The molecule has 0 saturated carbocycles. The van der Waals surface area contributed by atoms with E-state index in [-0.39, 0.29) is 17.9 Å². The Kier molecular flexibility index (Phi) is 3.60. The Hall–Kier alpha value is -2.37. The van der Waals surface area contributed by atoms with Gasteiger partial charge in [-0.05, 0) is 26.8 Å². The molecule has 0 aromatic carbocycles. The first-order valence-electron chi connectivity index (χ1n) is 7.40. The van der Waals surface area contributed by atoms with Crippen LogP contribution in [0.25, 0.3) is 0 Å². The SMILES string of the molecule is COc1ncccc1C1CC(=O)Nc2c1c(C)nn2C(C)C. The standard InChI is InChI=1S/C16H20N4O2/c1-9(2)20-15-14(10(3)19-20)12(8-13(21)18-15)11-6-5-7-17-16(11)22-4/h5-7,9,12H,8H2,1-4H3,(H,18,21). The molecular formula is C16H20N4O2. The molecule has 0 aliphatic carbocycles. The number of amides is 1. The minimum atomic E-state index is -0.0834. The number of carbonyl (C=O) groups excluding carboxylic acids is 1. The van der Waals surface area contributed by atoms with Gasteiger partial charge < -0.3 is 10.1 Å². The van der Waals surface area contributed by atoms with Gasteiger partial charge in [0, 0.05) is 35.7 Å². The number of hydrogen-bond acceptors (Lipinski definition) is 4. The number of nitrogens with one attached hydrogen (secondary N) is 1. The van der Waals surface area contributed by atoms with E-state index >= 15 is 0 Å². The minimum absolute atomic E-state index is 0.00907. The number of hydrogen-bond donors (Lipinski definition) is 1. The third-order valence-electron chi connectivity index (χ3n) is 3.99. The number of nitrogens with zero attached hydrogens (tertiary/aromatic N) is 3. The smallest absolute Gasteiger partial charge is 0.226 e. The average molecular weight is 300 g/mol. The molecule has 0 saturated heterocycles. The minimum Gasteiger partial charge on any atom is -0.481 e. The van der Waals surface area contributed by atoms with Gasteiger partial charge in [0.05, 0.1) is 12.8 Å². The van der Waals surface area contributed by atoms with Crippen LogP contribution in [0.1, 0.15) is 49.0 Å². The second-order valence-corrected chi connectivity index (χ2v) is 5.79. The van der Waals surface area contributed by atoms with Crippen molar-refractivity contribution in [2.24, 2.45) is 0 Å². The summed E-state index contributed by atoms with van der Waals surface area (Å²) in [6.45, 7) is 6.07. The number of aryl methyl sites for hydroxylation is 1. The maximum absolute atomic E-state index is 12.2. The van der Waals surface area contributed by atoms with Gasteiger partial charge in [-0.1, -0.05) is 6.07 Å². The first-order valence-corrected chi connectivity index (χ1v) is 7.40. The highest BCUT2D eigenvalue weighted by molar-refractivity contribution is 5.94. The Morgan fingerprint density at radius 3 is 2.91 bits per heavy atom. The number of methoxy groups -OCH3 is 1. The molecule has 116 valence electrons. The van der Waals surface area contributed by atoms with Gasteiger partial charge in [0.15, 0.2) is 0 Å². The summed E-state index contributed by atoms with van der Waals surface area (Å²) in [5.41, 5.74) is 2.91. The van der Waals surface area contributed by atoms with Crippen molar-refractivity contribution in [1.29, 1.82) is 0 Å². The Morgan fingerprint density at radius 2 is 2.23 bits per heavy atom. The Morgan fingerprint density at radius 1 is 1.45 bits per heavy atom. The van der Waals surface area contributed by atoms with E-state index in [9.17, 15) is 4.79 Å². The highest BCUT2D eigenvalue weighted by Gasteiger charge is 2.34. The topological polar surface area (TPSA) is 69.0 Å². The Bertz CT molecular complexity index is 721. The fourth-order valence-corrected chi connectivity index (χ4v) is 3.05. The van der Waals surface area contributed by atoms with E-state index in [4.69, 9.17) is 4.74 Å². The molecule has 2 aromatic rings. The molecule has 0 bridgehead atoms. The predicted octanol–water partition coefficient (Wildman–Crippen LogP) is 2.65. The number of fused-ring (bicyclic) bond motifs is 1. The van der Waals surface area contributed by atoms with Crippen molar-refractivity contribution in [3.63, 3.8) is 0 Å². The van der Waals surface area contributed by atoms with Gasteiger partial charge in [-0.15, -0.1) is 0 Å². The highest BCUT2D eigenvalue weighted by atomic mass is 16.5. The van der Waals surface area contributed by atoms with Crippen molar-refractivity contribution in [3.05, 3.63) is 35.2 Å². The second kappa shape index (κ2) is 5.44. The van der Waals surface area contributed by atoms with Crippen LogP contribution in [-0.4, -0.2) is 27.8 Å². The van der Waals surface area contributed by atoms with E-state index in [1.807, 2.05) is 37.6 Å². The van der Waals surface area contributed by atoms with Crippen molar-refractivity contribution < 1.29 is 9.53 Å². The van der Waals surface area contributed by atoms with Crippen molar-refractivity contribution in [3.8, 4) is 5.88 Å². The monoisotopic (exact) mass is 300 g/mol. The number of rotatable bonds is 3. The van der Waals surface area contributed by atoms with E-state index < -0.39 is 0 Å². The zero-order chi connectivity index (χ0) is 15.9. The Labute approximate surface area is 129 Å². The molecule has 0 spiro atoms. The van der Waals surface area contributed by atoms with Crippen LogP contribution < -0.4 is 10.1 Å². The fourth-order valence-electron chi connectivity index (χ4n) is 3.05. The molecule has 1 unspecified atom stereocenters. The maximum atomic E-state index is 12.2. The quantitative estimate of drug-likeness (QED) is 0.946. The van der Waals surface area contributed by atoms with Crippen LogP contribution in [-0.2, 0) is 4.79 Å². The molecule has 22 heavy (non-hydrogen) atoms. The van der Waals surface area contributed by atoms with E-state index in [0.717, 1.165) is 22.6 Å². The number of ether oxygens (including phenoxy) is 1. The first-order chi connectivity index (χ1) is 10.5. The summed E-state index contributed by atoms with van der Waals surface area (Å²) >= 11 is 0. The van der Waals surface area contributed by atoms with Crippen LogP contribution in [0.5, 0.6) is 5.88 Å². The lowest BCUT2D eigenvalue weighted by Crippen LogP contribution is -2.25. The molecule has 6 heteroatoms. The fraction of sp³-hybridized carbons (Fsp3) is 0.438. The van der Waals surface area contributed by atoms with Crippen LogP contribution >= 0.6 is 0 Å². The molecule has 3 heterocycles. The third kappa shape index (κ3) is 2.24. The lowest BCUT2D eigenvalue weighted by Gasteiger charge is -2.25. The van der Waals surface area contributed by atoms with Crippen LogP contribution in [0, 0.1) is 6.92 Å². The summed E-state index contributed by atoms with van der Waals surface area (Å²) in [6.07, 6.45) is 2.07. The maximum Gasteiger partial charge on any atom is 0.226 e. The van der Waals surface area contributed by atoms with Crippen molar-refractivity contribution in [2.45, 2.75) is 39.2 Å². The van der Waals surface area contributed by atoms with Crippen LogP contribution in [0.3, 0.4) is 0 Å². The van der Waals surface area contributed by atoms with Gasteiger partial charge >= 0.3 is 0 Å². The molecule has 1 atom stereocenters. The van der Waals surface area contributed by atoms with Crippen molar-refractivity contribution >= 4 is 11.7 Å². The molecule has 1 aliphatic rings. The zero-order valence-electron chi connectivity index (χ0n) is 13.3. The summed E-state index contributed by atoms with van der Waals surface area (Å²) in [7, 11) is 1.60. The van der Waals surface area contributed by atoms with Gasteiger partial charge in [0.25, 0.3) is 0 Å². The number of pyridine rings is 1. The summed E-state index contributed by atoms with van der Waals surface area (Å²) in [5.74, 6) is 1.26. The van der Waals surface area contributed by atoms with Gasteiger partial charge in [-0.3, -0.25) is 4.79 Å². The molecule has 0 fully saturated rings. The zero-order valence-corrected chi connectivity index (χ0v) is 13.3. The Balaban J connectivity index is 2.18. The first kappa shape index (κ1) is 14.6. The molecule has 6 nitrogen and oxygen atoms in total. The molecule has 1 amide bonds. The normalized spacial score (nSPS) is 17.3. The van der Waals surface area contributed by atoms with Crippen LogP contribution in [0.4, 0.5) is 5.82 Å². The lowest BCUT2D eigenvalue weighted by molar-refractivity contribution is -0.116. The summed E-state index contributed by atoms with van der Waals surface area (Å²) in [4.78, 5) is 16.4. The largest absolute Gasteiger partial charge is 0.481 e. The number of aromatic nitrogens is 3. The summed E-state index contributed by atoms with van der Waals surface area (Å²) in [5, 5.41) is 7.57. The molecule has 1 N–H and O–H groups in total. The third-order valence-corrected chi connectivity index (χ3v) is 3.99. The predicted molar refractivity (Wildman–Crippen MR) is 83.2 cm³/mol. The highest BCUT2D eigenvalue weighted by Crippen LogP contribution is 2.42. The van der Waals surface area contributed by atoms with Gasteiger partial charge in [-0.25, -0.2) is 9.67 Å². The molecular weight excluding hydrogens is 280 g/mol. The van der Waals surface area contributed by atoms with Crippen molar-refractivity contribution in [1.82, 2.24) is 14.8 Å². The molecule has 2 aromatic heterocycles. The lowest BCUT2D eigenvalue weighted by atomic mass is 9.86. The van der Waals surface area contributed by atoms with E-state index in [0.29, 0.717) is 12.3 Å². The van der Waals surface area contributed by atoms with Gasteiger partial charge in [0.1, 0.15) is 5.82 Å². The van der Waals surface area contributed by atoms with Gasteiger partial charge in [0.2, 0.25) is 11.8 Å². The second-order valence-electron chi connectivity index (χ2n) is 5.79. The van der Waals surface area contributed by atoms with E-state index in [1.54, 1.807) is 13.3 Å². The number of carbonyl (C=O) groups is 1. The van der Waals surface area contributed by atoms with Crippen molar-refractivity contribution in [2.75, 3.05) is 12.4 Å². The van der Waals surface area contributed by atoms with E-state index in [1.165, 1.54) is 0 Å². The molecule has 0 radical (unpaired) electrons. The summed E-state index contributed by atoms with van der Waals surface area (Å²) < 4.78 is 7.25. The molecule has 1 aliphatic heterocycles. The van der Waals surface area contributed by atoms with E-state index in [2.05, 4.69) is 15.4 Å². The van der Waals surface area contributed by atoms with Crippen LogP contribution in [0.2, 0.25) is 0 Å². The average Bonchev–Trinajstić information content (AvgIpc) is 2.83. The summed E-state index contributed by atoms with van der Waals surface area (Å²) in [6, 6.07) is 4.01.